The Morgan fingerprint density at radius 2 is 1.87 bits per heavy atom. The predicted molar refractivity (Wildman–Crippen MR) is 87.2 cm³/mol. The molecule has 0 saturated heterocycles. The van der Waals surface area contributed by atoms with Gasteiger partial charge >= 0.3 is 6.09 Å². The number of halogens is 1. The fraction of sp³-hybridized carbons (Fsp3) is 0.312. The molecular formula is C16H18ClN3O3. The number of hydrogen-bond donors (Lipinski definition) is 0. The lowest BCUT2D eigenvalue weighted by Gasteiger charge is -2.18. The first-order chi connectivity index (χ1) is 11.0. The van der Waals surface area contributed by atoms with Crippen LogP contribution in [0.5, 0.6) is 17.4 Å². The highest BCUT2D eigenvalue weighted by Crippen LogP contribution is 2.32. The van der Waals surface area contributed by atoms with Gasteiger partial charge in [-0.2, -0.15) is 0 Å². The number of nitrogens with zero attached hydrogens (tertiary/aromatic N) is 3. The number of carbonyl (C=O) groups is 1. The minimum absolute atomic E-state index is 0.0872. The lowest BCUT2D eigenvalue weighted by molar-refractivity contribution is 0.155. The molecule has 0 aliphatic heterocycles. The lowest BCUT2D eigenvalue weighted by atomic mass is 10.2. The highest BCUT2D eigenvalue weighted by atomic mass is 35.5. The van der Waals surface area contributed by atoms with Crippen LogP contribution in [0, 0.1) is 6.92 Å². The number of aromatic nitrogens is 2. The third-order valence-corrected chi connectivity index (χ3v) is 3.40. The number of rotatable bonds is 5. The molecule has 1 amide bonds. The van der Waals surface area contributed by atoms with Gasteiger partial charge in [-0.15, -0.1) is 10.2 Å². The Morgan fingerprint density at radius 1 is 1.17 bits per heavy atom. The van der Waals surface area contributed by atoms with Crippen molar-refractivity contribution < 1.29 is 14.3 Å². The van der Waals surface area contributed by atoms with Crippen LogP contribution in [0.3, 0.4) is 0 Å². The second-order valence-electron chi connectivity index (χ2n) is 4.74. The van der Waals surface area contributed by atoms with Crippen molar-refractivity contribution in [3.05, 3.63) is 41.0 Å². The quantitative estimate of drug-likeness (QED) is 0.824. The third kappa shape index (κ3) is 4.32. The van der Waals surface area contributed by atoms with E-state index < -0.39 is 6.09 Å². The normalized spacial score (nSPS) is 10.3. The zero-order valence-electron chi connectivity index (χ0n) is 13.2. The van der Waals surface area contributed by atoms with Gasteiger partial charge in [-0.05, 0) is 32.4 Å². The van der Waals surface area contributed by atoms with Gasteiger partial charge in [0.1, 0.15) is 5.75 Å². The average molecular weight is 336 g/mol. The molecule has 7 heteroatoms. The Labute approximate surface area is 140 Å². The molecule has 0 aliphatic carbocycles. The van der Waals surface area contributed by atoms with Crippen molar-refractivity contribution in [2.45, 2.75) is 20.8 Å². The molecule has 0 saturated carbocycles. The van der Waals surface area contributed by atoms with E-state index in [0.29, 0.717) is 18.8 Å². The summed E-state index contributed by atoms with van der Waals surface area (Å²) in [6, 6.07) is 8.84. The second kappa shape index (κ2) is 7.78. The Hall–Kier alpha value is -2.34. The van der Waals surface area contributed by atoms with Gasteiger partial charge in [0.25, 0.3) is 5.88 Å². The molecule has 0 unspecified atom stereocenters. The molecule has 0 atom stereocenters. The van der Waals surface area contributed by atoms with Crippen molar-refractivity contribution in [1.82, 2.24) is 15.1 Å². The first-order valence-corrected chi connectivity index (χ1v) is 7.66. The minimum Gasteiger partial charge on any atom is -0.435 e. The largest absolute Gasteiger partial charge is 0.435 e. The highest BCUT2D eigenvalue weighted by Gasteiger charge is 2.18. The van der Waals surface area contributed by atoms with Gasteiger partial charge in [0, 0.05) is 19.2 Å². The fourth-order valence-electron chi connectivity index (χ4n) is 1.90. The summed E-state index contributed by atoms with van der Waals surface area (Å²) in [6.45, 7) is 6.71. The predicted octanol–water partition coefficient (Wildman–Crippen LogP) is 4.07. The summed E-state index contributed by atoms with van der Waals surface area (Å²) in [7, 11) is 0. The van der Waals surface area contributed by atoms with Crippen molar-refractivity contribution in [3.8, 4) is 17.4 Å². The number of para-hydroxylation sites is 1. The monoisotopic (exact) mass is 335 g/mol. The minimum atomic E-state index is -0.492. The van der Waals surface area contributed by atoms with Crippen LogP contribution >= 0.6 is 11.6 Å². The van der Waals surface area contributed by atoms with E-state index >= 15 is 0 Å². The zero-order valence-corrected chi connectivity index (χ0v) is 14.0. The highest BCUT2D eigenvalue weighted by molar-refractivity contribution is 6.29. The first-order valence-electron chi connectivity index (χ1n) is 7.28. The molecule has 0 fully saturated rings. The fourth-order valence-corrected chi connectivity index (χ4v) is 2.04. The van der Waals surface area contributed by atoms with E-state index in [2.05, 4.69) is 10.2 Å². The maximum absolute atomic E-state index is 12.1. The number of carbonyl (C=O) groups excluding carboxylic acids is 1. The Kier molecular flexibility index (Phi) is 5.76. The van der Waals surface area contributed by atoms with Crippen molar-refractivity contribution in [3.63, 3.8) is 0 Å². The summed E-state index contributed by atoms with van der Waals surface area (Å²) < 4.78 is 11.1. The van der Waals surface area contributed by atoms with Crippen molar-refractivity contribution in [2.75, 3.05) is 13.1 Å². The van der Waals surface area contributed by atoms with Gasteiger partial charge in [0.2, 0.25) is 0 Å². The molecular weight excluding hydrogens is 318 g/mol. The smallest absolute Gasteiger partial charge is 0.415 e. The van der Waals surface area contributed by atoms with Gasteiger partial charge in [0.05, 0.1) is 0 Å². The molecule has 1 aromatic heterocycles. The topological polar surface area (TPSA) is 64.6 Å². The van der Waals surface area contributed by atoms with E-state index in [-0.39, 0.29) is 16.8 Å². The van der Waals surface area contributed by atoms with Gasteiger partial charge in [-0.3, -0.25) is 0 Å². The molecule has 122 valence electrons. The number of hydrogen-bond acceptors (Lipinski definition) is 5. The summed E-state index contributed by atoms with van der Waals surface area (Å²) in [5.74, 6) is 0.818. The maximum Gasteiger partial charge on any atom is 0.415 e. The summed E-state index contributed by atoms with van der Waals surface area (Å²) in [5.41, 5.74) is 0.922. The molecule has 0 radical (unpaired) electrons. The molecule has 1 heterocycles. The molecule has 0 spiro atoms. The summed E-state index contributed by atoms with van der Waals surface area (Å²) >= 11 is 5.85. The molecule has 2 rings (SSSR count). The van der Waals surface area contributed by atoms with E-state index in [9.17, 15) is 4.79 Å². The lowest BCUT2D eigenvalue weighted by Crippen LogP contribution is -2.33. The van der Waals surface area contributed by atoms with Gasteiger partial charge in [-0.1, -0.05) is 29.8 Å². The number of ether oxygens (including phenoxy) is 2. The summed E-state index contributed by atoms with van der Waals surface area (Å²) in [6.07, 6.45) is -0.492. The van der Waals surface area contributed by atoms with Crippen molar-refractivity contribution >= 4 is 17.7 Å². The molecule has 0 bridgehead atoms. The molecule has 0 N–H and O–H groups in total. The molecule has 2 aromatic rings. The molecule has 23 heavy (non-hydrogen) atoms. The van der Waals surface area contributed by atoms with Crippen LogP contribution in [0.2, 0.25) is 5.15 Å². The van der Waals surface area contributed by atoms with Crippen molar-refractivity contribution in [1.29, 1.82) is 0 Å². The van der Waals surface area contributed by atoms with Crippen LogP contribution in [0.15, 0.2) is 30.3 Å². The van der Waals surface area contributed by atoms with Crippen LogP contribution in [0.1, 0.15) is 19.4 Å². The SMILES string of the molecule is CCN(CC)C(=O)Oc1cc(Cl)nnc1Oc1ccccc1C. The van der Waals surface area contributed by atoms with E-state index in [1.807, 2.05) is 39.0 Å². The summed E-state index contributed by atoms with van der Waals surface area (Å²) in [4.78, 5) is 13.6. The van der Waals surface area contributed by atoms with E-state index in [4.69, 9.17) is 21.1 Å². The van der Waals surface area contributed by atoms with Crippen LogP contribution in [-0.2, 0) is 0 Å². The average Bonchev–Trinajstić information content (AvgIpc) is 2.53. The van der Waals surface area contributed by atoms with Gasteiger partial charge in [-0.25, -0.2) is 4.79 Å². The maximum atomic E-state index is 12.1. The van der Waals surface area contributed by atoms with E-state index in [1.165, 1.54) is 11.0 Å². The number of amides is 1. The third-order valence-electron chi connectivity index (χ3n) is 3.22. The molecule has 6 nitrogen and oxygen atoms in total. The standard InChI is InChI=1S/C16H18ClN3O3/c1-4-20(5-2)16(21)23-13-10-14(17)18-19-15(13)22-12-9-7-6-8-11(12)3/h6-10H,4-5H2,1-3H3. The van der Waals surface area contributed by atoms with Crippen LogP contribution in [0.4, 0.5) is 4.79 Å². The van der Waals surface area contributed by atoms with Crippen molar-refractivity contribution in [2.24, 2.45) is 0 Å². The van der Waals surface area contributed by atoms with Crippen LogP contribution in [0.25, 0.3) is 0 Å². The Bertz CT molecular complexity index is 690. The molecule has 1 aromatic carbocycles. The van der Waals surface area contributed by atoms with E-state index in [1.54, 1.807) is 6.07 Å². The van der Waals surface area contributed by atoms with Crippen LogP contribution in [-0.4, -0.2) is 34.3 Å². The summed E-state index contributed by atoms with van der Waals surface area (Å²) in [5, 5.41) is 7.74. The second-order valence-corrected chi connectivity index (χ2v) is 5.13. The molecule has 0 aliphatic rings. The Balaban J connectivity index is 2.27. The Morgan fingerprint density at radius 3 is 2.52 bits per heavy atom. The van der Waals surface area contributed by atoms with Gasteiger partial charge in [0.15, 0.2) is 10.9 Å². The number of aryl methyl sites for hydroxylation is 1. The van der Waals surface area contributed by atoms with E-state index in [0.717, 1.165) is 5.56 Å². The van der Waals surface area contributed by atoms with Gasteiger partial charge < -0.3 is 14.4 Å². The van der Waals surface area contributed by atoms with Crippen LogP contribution < -0.4 is 9.47 Å². The first kappa shape index (κ1) is 17.0. The number of benzene rings is 1. The zero-order chi connectivity index (χ0) is 16.8.